The average molecular weight is 267 g/mol. The number of unbranched alkanes of at least 4 members (excludes halogenated alkanes) is 2. The molecule has 0 aliphatic rings. The van der Waals surface area contributed by atoms with Gasteiger partial charge < -0.3 is 4.43 Å². The number of allylic oxidation sites excluding steroid dienone is 1. The van der Waals surface area contributed by atoms with Gasteiger partial charge in [-0.1, -0.05) is 52.9 Å². The average Bonchev–Trinajstić information content (AvgIpc) is 2.24. The van der Waals surface area contributed by atoms with Gasteiger partial charge >= 0.3 is 0 Å². The monoisotopic (exact) mass is 266 g/mol. The Morgan fingerprint density at radius 3 is 2.33 bits per heavy atom. The van der Waals surface area contributed by atoms with Gasteiger partial charge in [0.2, 0.25) is 0 Å². The Bertz CT molecular complexity index is 291. The molecule has 1 nitrogen and oxygen atoms in total. The molecule has 0 fully saturated rings. The minimum atomic E-state index is -1.70. The highest BCUT2D eigenvalue weighted by atomic mass is 28.4. The molecule has 104 valence electrons. The predicted octanol–water partition coefficient (Wildman–Crippen LogP) is 5.15. The molecule has 0 saturated heterocycles. The quantitative estimate of drug-likeness (QED) is 0.352. The summed E-state index contributed by atoms with van der Waals surface area (Å²) < 4.78 is 6.41. The van der Waals surface area contributed by atoms with E-state index >= 15 is 0 Å². The Balaban J connectivity index is 4.58. The van der Waals surface area contributed by atoms with Crippen LogP contribution in [0.1, 0.15) is 53.4 Å². The molecule has 0 spiro atoms. The first-order valence-electron chi connectivity index (χ1n) is 7.05. The van der Waals surface area contributed by atoms with E-state index in [-0.39, 0.29) is 11.1 Å². The van der Waals surface area contributed by atoms with Crippen LogP contribution < -0.4 is 0 Å². The van der Waals surface area contributed by atoms with E-state index < -0.39 is 8.32 Å². The highest BCUT2D eigenvalue weighted by Crippen LogP contribution is 2.37. The van der Waals surface area contributed by atoms with E-state index in [2.05, 4.69) is 52.8 Å². The van der Waals surface area contributed by atoms with Gasteiger partial charge in [0.25, 0.3) is 0 Å². The molecule has 1 atom stereocenters. The van der Waals surface area contributed by atoms with E-state index in [0.29, 0.717) is 0 Å². The number of hydrogen-bond donors (Lipinski definition) is 0. The molecule has 0 aliphatic heterocycles. The van der Waals surface area contributed by atoms with E-state index in [1.165, 1.54) is 19.3 Å². The van der Waals surface area contributed by atoms with Crippen LogP contribution in [-0.4, -0.2) is 14.4 Å². The smallest absolute Gasteiger partial charge is 0.192 e. The maximum absolute atomic E-state index is 6.41. The van der Waals surface area contributed by atoms with Gasteiger partial charge in [0, 0.05) is 0 Å². The molecule has 0 bridgehead atoms. The second-order valence-electron chi connectivity index (χ2n) is 6.44. The molecule has 0 rings (SSSR count). The van der Waals surface area contributed by atoms with Crippen molar-refractivity contribution in [1.82, 2.24) is 0 Å². The molecular formula is C16H30OSi. The van der Waals surface area contributed by atoms with Crippen molar-refractivity contribution < 1.29 is 4.43 Å². The summed E-state index contributed by atoms with van der Waals surface area (Å²) in [5.41, 5.74) is 0. The highest BCUT2D eigenvalue weighted by molar-refractivity contribution is 6.74. The van der Waals surface area contributed by atoms with Crippen molar-refractivity contribution in [3.8, 4) is 12.3 Å². The Hall–Kier alpha value is -0.523. The molecule has 0 aromatic carbocycles. The molecule has 2 heteroatoms. The summed E-state index contributed by atoms with van der Waals surface area (Å²) in [6.07, 6.45) is 14.1. The summed E-state index contributed by atoms with van der Waals surface area (Å²) in [4.78, 5) is 0. The minimum absolute atomic E-state index is 0.188. The van der Waals surface area contributed by atoms with Gasteiger partial charge in [0.1, 0.15) is 0 Å². The molecule has 1 unspecified atom stereocenters. The summed E-state index contributed by atoms with van der Waals surface area (Å²) in [5, 5.41) is 0.250. The van der Waals surface area contributed by atoms with E-state index in [0.717, 1.165) is 6.42 Å². The molecule has 0 aromatic heterocycles. The fraction of sp³-hybridized carbons (Fsp3) is 0.750. The van der Waals surface area contributed by atoms with E-state index in [4.69, 9.17) is 10.8 Å². The molecule has 0 amide bonds. The molecule has 18 heavy (non-hydrogen) atoms. The van der Waals surface area contributed by atoms with Gasteiger partial charge in [0.05, 0.1) is 6.10 Å². The molecular weight excluding hydrogens is 236 g/mol. The van der Waals surface area contributed by atoms with Gasteiger partial charge in [-0.3, -0.25) is 0 Å². The largest absolute Gasteiger partial charge is 0.411 e. The lowest BCUT2D eigenvalue weighted by molar-refractivity contribution is 0.211. The first kappa shape index (κ1) is 17.5. The first-order valence-corrected chi connectivity index (χ1v) is 9.96. The summed E-state index contributed by atoms with van der Waals surface area (Å²) >= 11 is 0. The maximum Gasteiger partial charge on any atom is 0.192 e. The van der Waals surface area contributed by atoms with Gasteiger partial charge in [-0.05, 0) is 36.7 Å². The van der Waals surface area contributed by atoms with Crippen LogP contribution >= 0.6 is 0 Å². The van der Waals surface area contributed by atoms with Crippen molar-refractivity contribution in [2.75, 3.05) is 0 Å². The highest BCUT2D eigenvalue weighted by Gasteiger charge is 2.38. The van der Waals surface area contributed by atoms with Crippen LogP contribution in [0.4, 0.5) is 0 Å². The SMILES string of the molecule is C#C/C=C\C(CCCCC)O[Si](C)(C)C(C)(C)C. The number of rotatable bonds is 7. The van der Waals surface area contributed by atoms with Gasteiger partial charge in [-0.2, -0.15) is 0 Å². The van der Waals surface area contributed by atoms with Crippen LogP contribution in [0.15, 0.2) is 12.2 Å². The Kier molecular flexibility index (Phi) is 7.59. The molecule has 0 saturated carbocycles. The van der Waals surface area contributed by atoms with Crippen LogP contribution in [0.2, 0.25) is 18.1 Å². The van der Waals surface area contributed by atoms with Gasteiger partial charge in [-0.15, -0.1) is 6.42 Å². The molecule has 0 aliphatic carbocycles. The van der Waals surface area contributed by atoms with Crippen molar-refractivity contribution in [1.29, 1.82) is 0 Å². The third-order valence-corrected chi connectivity index (χ3v) is 8.26. The Labute approximate surface area is 115 Å². The normalized spacial score (nSPS) is 14.7. The van der Waals surface area contributed by atoms with Crippen molar-refractivity contribution >= 4 is 8.32 Å². The summed E-state index contributed by atoms with van der Waals surface area (Å²) in [6, 6.07) is 0. The lowest BCUT2D eigenvalue weighted by Crippen LogP contribution is -2.43. The van der Waals surface area contributed by atoms with Crippen LogP contribution in [0.3, 0.4) is 0 Å². The predicted molar refractivity (Wildman–Crippen MR) is 84.2 cm³/mol. The molecule has 0 N–H and O–H groups in total. The topological polar surface area (TPSA) is 9.23 Å². The van der Waals surface area contributed by atoms with Crippen molar-refractivity contribution in [3.05, 3.63) is 12.2 Å². The lowest BCUT2D eigenvalue weighted by atomic mass is 10.1. The summed E-state index contributed by atoms with van der Waals surface area (Å²) in [7, 11) is -1.70. The molecule has 0 radical (unpaired) electrons. The van der Waals surface area contributed by atoms with Crippen LogP contribution in [0.25, 0.3) is 0 Å². The fourth-order valence-corrected chi connectivity index (χ4v) is 2.81. The van der Waals surface area contributed by atoms with Crippen LogP contribution in [0.5, 0.6) is 0 Å². The zero-order valence-electron chi connectivity index (χ0n) is 13.0. The second-order valence-corrected chi connectivity index (χ2v) is 11.2. The summed E-state index contributed by atoms with van der Waals surface area (Å²) in [6.45, 7) is 13.6. The van der Waals surface area contributed by atoms with Crippen molar-refractivity contribution in [2.45, 2.75) is 77.6 Å². The third kappa shape index (κ3) is 6.42. The number of terminal acetylenes is 1. The van der Waals surface area contributed by atoms with E-state index in [1.807, 2.05) is 0 Å². The third-order valence-electron chi connectivity index (χ3n) is 3.75. The fourth-order valence-electron chi connectivity index (χ4n) is 1.51. The van der Waals surface area contributed by atoms with Crippen LogP contribution in [-0.2, 0) is 4.43 Å². The van der Waals surface area contributed by atoms with Gasteiger partial charge in [0.15, 0.2) is 8.32 Å². The zero-order valence-corrected chi connectivity index (χ0v) is 14.0. The van der Waals surface area contributed by atoms with Crippen molar-refractivity contribution in [3.63, 3.8) is 0 Å². The van der Waals surface area contributed by atoms with Crippen LogP contribution in [0, 0.1) is 12.3 Å². The molecule has 0 heterocycles. The second kappa shape index (κ2) is 7.81. The molecule has 0 aromatic rings. The van der Waals surface area contributed by atoms with Crippen molar-refractivity contribution in [2.24, 2.45) is 0 Å². The zero-order chi connectivity index (χ0) is 14.2. The Morgan fingerprint density at radius 2 is 1.89 bits per heavy atom. The van der Waals surface area contributed by atoms with E-state index in [9.17, 15) is 0 Å². The maximum atomic E-state index is 6.41. The number of hydrogen-bond acceptors (Lipinski definition) is 1. The van der Waals surface area contributed by atoms with Gasteiger partial charge in [-0.25, -0.2) is 0 Å². The summed E-state index contributed by atoms with van der Waals surface area (Å²) in [5.74, 6) is 2.57. The Morgan fingerprint density at radius 1 is 1.28 bits per heavy atom. The standard InChI is InChI=1S/C16H30OSi/c1-8-10-12-14-15(13-11-9-2)17-18(6,7)16(3,4)5/h2,11,13,15H,8,10,12,14H2,1,3-7H3/b13-11-. The lowest BCUT2D eigenvalue weighted by Gasteiger charge is -2.38. The van der Waals surface area contributed by atoms with E-state index in [1.54, 1.807) is 6.08 Å². The minimum Gasteiger partial charge on any atom is -0.411 e. The first-order chi connectivity index (χ1) is 8.24.